The molecule has 1 aliphatic heterocycles. The first-order valence-electron chi connectivity index (χ1n) is 6.50. The molecule has 2 amide bonds. The first-order chi connectivity index (χ1) is 9.06. The van der Waals surface area contributed by atoms with E-state index in [0.717, 1.165) is 19.4 Å². The fourth-order valence-corrected chi connectivity index (χ4v) is 2.33. The topological polar surface area (TPSA) is 84.2 Å². The third kappa shape index (κ3) is 4.21. The van der Waals surface area contributed by atoms with Crippen molar-refractivity contribution in [2.24, 2.45) is 11.7 Å². The van der Waals surface area contributed by atoms with Crippen LogP contribution in [-0.4, -0.2) is 24.4 Å². The smallest absolute Gasteiger partial charge is 0.248 e. The highest BCUT2D eigenvalue weighted by Crippen LogP contribution is 2.18. The van der Waals surface area contributed by atoms with Gasteiger partial charge in [-0.25, -0.2) is 0 Å². The van der Waals surface area contributed by atoms with Crippen LogP contribution in [0.4, 0.5) is 5.69 Å². The fourth-order valence-electron chi connectivity index (χ4n) is 2.33. The minimum atomic E-state index is -0.468. The van der Waals surface area contributed by atoms with Gasteiger partial charge in [-0.05, 0) is 50.6 Å². The Bertz CT molecular complexity index is 476. The lowest BCUT2D eigenvalue weighted by molar-refractivity contribution is -0.120. The molecule has 0 saturated carbocycles. The molecule has 0 unspecified atom stereocenters. The van der Waals surface area contributed by atoms with E-state index >= 15 is 0 Å². The average Bonchev–Trinajstić information content (AvgIpc) is 2.39. The molecule has 0 aliphatic carbocycles. The maximum absolute atomic E-state index is 12.1. The van der Waals surface area contributed by atoms with Gasteiger partial charge in [0.05, 0.1) is 0 Å². The van der Waals surface area contributed by atoms with Crippen molar-refractivity contribution in [3.8, 4) is 0 Å². The highest BCUT2D eigenvalue weighted by molar-refractivity contribution is 5.95. The molecule has 2 atom stereocenters. The summed E-state index contributed by atoms with van der Waals surface area (Å²) in [6.45, 7) is 2.96. The van der Waals surface area contributed by atoms with Gasteiger partial charge in [-0.3, -0.25) is 9.59 Å². The number of benzene rings is 1. The predicted molar refractivity (Wildman–Crippen MR) is 81.0 cm³/mol. The molecule has 0 bridgehead atoms. The van der Waals surface area contributed by atoms with Crippen molar-refractivity contribution in [3.63, 3.8) is 0 Å². The lowest BCUT2D eigenvalue weighted by Crippen LogP contribution is -2.40. The number of rotatable bonds is 3. The molecule has 1 aliphatic rings. The Labute approximate surface area is 124 Å². The number of piperidine rings is 1. The van der Waals surface area contributed by atoms with Crippen LogP contribution in [0.3, 0.4) is 0 Å². The van der Waals surface area contributed by atoms with Crippen molar-refractivity contribution in [1.29, 1.82) is 0 Å². The van der Waals surface area contributed by atoms with Crippen molar-refractivity contribution in [2.75, 3.05) is 11.9 Å². The van der Waals surface area contributed by atoms with Gasteiger partial charge in [0.25, 0.3) is 0 Å². The van der Waals surface area contributed by atoms with Crippen molar-refractivity contribution < 1.29 is 9.59 Å². The molecular weight excluding hydrogens is 278 g/mol. The molecule has 0 aromatic heterocycles. The van der Waals surface area contributed by atoms with Gasteiger partial charge in [0, 0.05) is 23.2 Å². The second-order valence-electron chi connectivity index (χ2n) is 5.01. The first kappa shape index (κ1) is 16.5. The van der Waals surface area contributed by atoms with E-state index in [1.165, 1.54) is 0 Å². The van der Waals surface area contributed by atoms with E-state index in [0.29, 0.717) is 17.3 Å². The molecule has 4 N–H and O–H groups in total. The molecule has 1 saturated heterocycles. The van der Waals surface area contributed by atoms with Crippen LogP contribution in [0, 0.1) is 5.92 Å². The molecule has 1 fully saturated rings. The van der Waals surface area contributed by atoms with Gasteiger partial charge in [-0.1, -0.05) is 0 Å². The Morgan fingerprint density at radius 3 is 2.50 bits per heavy atom. The Morgan fingerprint density at radius 2 is 1.95 bits per heavy atom. The van der Waals surface area contributed by atoms with Crippen LogP contribution >= 0.6 is 12.4 Å². The number of carbonyl (C=O) groups excluding carboxylic acids is 2. The number of hydrogen-bond donors (Lipinski definition) is 3. The normalized spacial score (nSPS) is 21.6. The minimum Gasteiger partial charge on any atom is -0.366 e. The Kier molecular flexibility index (Phi) is 5.98. The summed E-state index contributed by atoms with van der Waals surface area (Å²) < 4.78 is 0. The Morgan fingerprint density at radius 1 is 1.30 bits per heavy atom. The van der Waals surface area contributed by atoms with E-state index in [1.54, 1.807) is 24.3 Å². The summed E-state index contributed by atoms with van der Waals surface area (Å²) >= 11 is 0. The van der Waals surface area contributed by atoms with Crippen LogP contribution < -0.4 is 16.4 Å². The van der Waals surface area contributed by atoms with E-state index < -0.39 is 5.91 Å². The summed E-state index contributed by atoms with van der Waals surface area (Å²) in [6, 6.07) is 7.00. The summed E-state index contributed by atoms with van der Waals surface area (Å²) in [5.74, 6) is -0.378. The second-order valence-corrected chi connectivity index (χ2v) is 5.01. The maximum atomic E-state index is 12.1. The van der Waals surface area contributed by atoms with E-state index in [4.69, 9.17) is 5.73 Å². The van der Waals surface area contributed by atoms with Crippen LogP contribution in [0.2, 0.25) is 0 Å². The summed E-state index contributed by atoms with van der Waals surface area (Å²) in [6.07, 6.45) is 1.71. The SMILES string of the molecule is C[C@H]1C[C@@H](C(=O)Nc2ccc(C(N)=O)cc2)CCN1.Cl. The van der Waals surface area contributed by atoms with Gasteiger partial charge in [-0.2, -0.15) is 0 Å². The molecular formula is C14H20ClN3O2. The zero-order valence-electron chi connectivity index (χ0n) is 11.4. The number of anilines is 1. The van der Waals surface area contributed by atoms with Crippen molar-refractivity contribution in [1.82, 2.24) is 5.32 Å². The second kappa shape index (κ2) is 7.26. The number of carbonyl (C=O) groups is 2. The standard InChI is InChI=1S/C14H19N3O2.ClH/c1-9-8-11(6-7-16-9)14(19)17-12-4-2-10(3-5-12)13(15)18;/h2-5,9,11,16H,6-8H2,1H3,(H2,15,18)(H,17,19);1H/t9-,11-;/m0./s1. The summed E-state index contributed by atoms with van der Waals surface area (Å²) in [5.41, 5.74) is 6.30. The van der Waals surface area contributed by atoms with Crippen molar-refractivity contribution >= 4 is 29.9 Å². The van der Waals surface area contributed by atoms with Crippen LogP contribution in [0.25, 0.3) is 0 Å². The maximum Gasteiger partial charge on any atom is 0.248 e. The lowest BCUT2D eigenvalue weighted by Gasteiger charge is -2.27. The minimum absolute atomic E-state index is 0. The zero-order valence-corrected chi connectivity index (χ0v) is 12.2. The van der Waals surface area contributed by atoms with Crippen molar-refractivity contribution in [3.05, 3.63) is 29.8 Å². The quantitative estimate of drug-likeness (QED) is 0.791. The molecule has 0 radical (unpaired) electrons. The van der Waals surface area contributed by atoms with Gasteiger partial charge in [0.1, 0.15) is 0 Å². The molecule has 1 aromatic rings. The zero-order chi connectivity index (χ0) is 13.8. The predicted octanol–water partition coefficient (Wildman–Crippen LogP) is 1.53. The third-order valence-electron chi connectivity index (χ3n) is 3.43. The van der Waals surface area contributed by atoms with E-state index in [2.05, 4.69) is 17.6 Å². The summed E-state index contributed by atoms with van der Waals surface area (Å²) in [4.78, 5) is 23.0. The molecule has 1 heterocycles. The Balaban J connectivity index is 0.00000200. The number of hydrogen-bond acceptors (Lipinski definition) is 3. The van der Waals surface area contributed by atoms with Crippen LogP contribution in [0.5, 0.6) is 0 Å². The summed E-state index contributed by atoms with van der Waals surface area (Å²) in [7, 11) is 0. The van der Waals surface area contributed by atoms with Gasteiger partial charge in [0.15, 0.2) is 0 Å². The number of nitrogens with two attached hydrogens (primary N) is 1. The van der Waals surface area contributed by atoms with E-state index in [9.17, 15) is 9.59 Å². The molecule has 0 spiro atoms. The number of amides is 2. The molecule has 1 aromatic carbocycles. The van der Waals surface area contributed by atoms with E-state index in [-0.39, 0.29) is 24.2 Å². The third-order valence-corrected chi connectivity index (χ3v) is 3.43. The van der Waals surface area contributed by atoms with Gasteiger partial charge in [-0.15, -0.1) is 12.4 Å². The highest BCUT2D eigenvalue weighted by Gasteiger charge is 2.24. The van der Waals surface area contributed by atoms with Gasteiger partial charge >= 0.3 is 0 Å². The monoisotopic (exact) mass is 297 g/mol. The summed E-state index contributed by atoms with van der Waals surface area (Å²) in [5, 5.41) is 6.20. The highest BCUT2D eigenvalue weighted by atomic mass is 35.5. The molecule has 2 rings (SSSR count). The lowest BCUT2D eigenvalue weighted by atomic mass is 9.92. The molecule has 6 heteroatoms. The fraction of sp³-hybridized carbons (Fsp3) is 0.429. The Hall–Kier alpha value is -1.59. The average molecular weight is 298 g/mol. The van der Waals surface area contributed by atoms with Crippen LogP contribution in [-0.2, 0) is 4.79 Å². The van der Waals surface area contributed by atoms with Crippen LogP contribution in [0.1, 0.15) is 30.1 Å². The van der Waals surface area contributed by atoms with Gasteiger partial charge < -0.3 is 16.4 Å². The largest absolute Gasteiger partial charge is 0.366 e. The van der Waals surface area contributed by atoms with Crippen molar-refractivity contribution in [2.45, 2.75) is 25.8 Å². The van der Waals surface area contributed by atoms with E-state index in [1.807, 2.05) is 0 Å². The number of halogens is 1. The number of primary amides is 1. The van der Waals surface area contributed by atoms with Gasteiger partial charge in [0.2, 0.25) is 11.8 Å². The molecule has 5 nitrogen and oxygen atoms in total. The molecule has 110 valence electrons. The van der Waals surface area contributed by atoms with Crippen LogP contribution in [0.15, 0.2) is 24.3 Å². The molecule has 20 heavy (non-hydrogen) atoms. The first-order valence-corrected chi connectivity index (χ1v) is 6.50. The number of nitrogens with one attached hydrogen (secondary N) is 2.